The van der Waals surface area contributed by atoms with E-state index >= 15 is 0 Å². The smallest absolute Gasteiger partial charge is 0.148 e. The van der Waals surface area contributed by atoms with Gasteiger partial charge in [-0.2, -0.15) is 5.10 Å². The Bertz CT molecular complexity index is 945. The molecule has 6 heteroatoms. The molecule has 3 aromatic rings. The van der Waals surface area contributed by atoms with Crippen LogP contribution in [0, 0.1) is 0 Å². The van der Waals surface area contributed by atoms with Crippen LogP contribution in [0.4, 0.5) is 5.82 Å². The fraction of sp³-hybridized carbons (Fsp3) is 0.227. The molecule has 1 unspecified atom stereocenters. The molecule has 3 N–H and O–H groups in total. The first-order chi connectivity index (χ1) is 13.7. The molecular formula is C22H22Cl2N4. The summed E-state index contributed by atoms with van der Waals surface area (Å²) in [5.41, 5.74) is 4.69. The molecule has 2 aromatic carbocycles. The Hall–Kier alpha value is -2.27. The number of allylic oxidation sites excluding steroid dienone is 1. The second-order valence-electron chi connectivity index (χ2n) is 6.90. The third-order valence-electron chi connectivity index (χ3n) is 4.91. The second kappa shape index (κ2) is 8.82. The Morgan fingerprint density at radius 3 is 2.32 bits per heavy atom. The summed E-state index contributed by atoms with van der Waals surface area (Å²) in [6, 6.07) is 18.2. The minimum Gasteiger partial charge on any atom is -0.367 e. The lowest BCUT2D eigenvalue weighted by atomic mass is 10.1. The number of hydrogen-bond donors (Lipinski definition) is 3. The fourth-order valence-electron chi connectivity index (χ4n) is 3.42. The summed E-state index contributed by atoms with van der Waals surface area (Å²) in [6.07, 6.45) is 4.55. The van der Waals surface area contributed by atoms with E-state index in [9.17, 15) is 0 Å². The third kappa shape index (κ3) is 4.76. The number of halogens is 2. The predicted octanol–water partition coefficient (Wildman–Crippen LogP) is 5.63. The molecule has 0 saturated carbocycles. The van der Waals surface area contributed by atoms with Crippen molar-refractivity contribution in [3.05, 3.63) is 76.3 Å². The Morgan fingerprint density at radius 2 is 1.61 bits per heavy atom. The zero-order valence-electron chi connectivity index (χ0n) is 15.4. The van der Waals surface area contributed by atoms with Gasteiger partial charge >= 0.3 is 0 Å². The van der Waals surface area contributed by atoms with Crippen LogP contribution < -0.4 is 10.6 Å². The van der Waals surface area contributed by atoms with Crippen LogP contribution >= 0.6 is 23.2 Å². The van der Waals surface area contributed by atoms with Gasteiger partial charge in [0, 0.05) is 35.2 Å². The van der Waals surface area contributed by atoms with Crippen molar-refractivity contribution in [3.8, 4) is 11.3 Å². The zero-order valence-corrected chi connectivity index (χ0v) is 16.9. The molecule has 0 saturated heterocycles. The molecule has 144 valence electrons. The number of nitrogens with one attached hydrogen (secondary N) is 3. The minimum atomic E-state index is 0.413. The average molecular weight is 413 g/mol. The van der Waals surface area contributed by atoms with Gasteiger partial charge in [0.15, 0.2) is 0 Å². The molecule has 4 nitrogen and oxygen atoms in total. The highest BCUT2D eigenvalue weighted by Gasteiger charge is 2.16. The molecule has 0 bridgehead atoms. The van der Waals surface area contributed by atoms with Crippen molar-refractivity contribution in [2.24, 2.45) is 0 Å². The quantitative estimate of drug-likeness (QED) is 0.440. The van der Waals surface area contributed by atoms with Gasteiger partial charge in [-0.3, -0.25) is 5.10 Å². The fourth-order valence-corrected chi connectivity index (χ4v) is 3.68. The molecule has 0 radical (unpaired) electrons. The zero-order chi connectivity index (χ0) is 19.3. The van der Waals surface area contributed by atoms with Gasteiger partial charge in [0.05, 0.1) is 5.69 Å². The molecule has 1 aliphatic carbocycles. The van der Waals surface area contributed by atoms with Gasteiger partial charge in [0.2, 0.25) is 0 Å². The van der Waals surface area contributed by atoms with Crippen molar-refractivity contribution in [1.82, 2.24) is 15.5 Å². The van der Waals surface area contributed by atoms with Crippen LogP contribution in [0.2, 0.25) is 10.0 Å². The predicted molar refractivity (Wildman–Crippen MR) is 118 cm³/mol. The van der Waals surface area contributed by atoms with Crippen LogP contribution in [-0.2, 0) is 0 Å². The number of nitrogens with zero attached hydrogens (tertiary/aromatic N) is 1. The Kier molecular flexibility index (Phi) is 6.01. The van der Waals surface area contributed by atoms with E-state index in [1.807, 2.05) is 42.5 Å². The largest absolute Gasteiger partial charge is 0.367 e. The lowest BCUT2D eigenvalue weighted by Gasteiger charge is -2.10. The Morgan fingerprint density at radius 1 is 0.929 bits per heavy atom. The summed E-state index contributed by atoms with van der Waals surface area (Å²) in [5, 5.41) is 15.8. The summed E-state index contributed by atoms with van der Waals surface area (Å²) < 4.78 is 0. The summed E-state index contributed by atoms with van der Waals surface area (Å²) >= 11 is 11.9. The molecule has 0 spiro atoms. The summed E-state index contributed by atoms with van der Waals surface area (Å²) in [5.74, 6) is 0.843. The van der Waals surface area contributed by atoms with Crippen LogP contribution in [0.25, 0.3) is 16.8 Å². The van der Waals surface area contributed by atoms with Crippen molar-refractivity contribution >= 4 is 34.6 Å². The maximum absolute atomic E-state index is 5.97. The number of anilines is 1. The van der Waals surface area contributed by atoms with E-state index in [1.165, 1.54) is 11.1 Å². The second-order valence-corrected chi connectivity index (χ2v) is 7.77. The number of aromatic amines is 1. The lowest BCUT2D eigenvalue weighted by molar-refractivity contribution is 0.594. The standard InChI is InChI=1S/C22H22Cl2N4/c23-18-6-1-15(2-7-18)17-5-10-20(13-17)25-11-12-26-22-14-21(27-28-22)16-3-8-19(24)9-4-16/h1-4,6-9,13-14,20,25H,5,10-12H2,(H2,26,27,28). The molecule has 0 fully saturated rings. The van der Waals surface area contributed by atoms with Gasteiger partial charge in [-0.25, -0.2) is 0 Å². The minimum absolute atomic E-state index is 0.413. The number of rotatable bonds is 7. The Labute approximate surface area is 175 Å². The van der Waals surface area contributed by atoms with Crippen molar-refractivity contribution in [3.63, 3.8) is 0 Å². The van der Waals surface area contributed by atoms with Crippen molar-refractivity contribution in [2.75, 3.05) is 18.4 Å². The SMILES string of the molecule is Clc1ccc(C2=CC(NCCNc3cc(-c4ccc(Cl)cc4)[nH]n3)CC2)cc1. The average Bonchev–Trinajstić information content (AvgIpc) is 3.36. The lowest BCUT2D eigenvalue weighted by Crippen LogP contribution is -2.30. The first-order valence-electron chi connectivity index (χ1n) is 9.42. The number of aromatic nitrogens is 2. The van der Waals surface area contributed by atoms with Gasteiger partial charge in [-0.1, -0.05) is 53.5 Å². The van der Waals surface area contributed by atoms with Gasteiger partial charge in [0.1, 0.15) is 5.82 Å². The van der Waals surface area contributed by atoms with Gasteiger partial charge < -0.3 is 10.6 Å². The molecule has 0 amide bonds. The van der Waals surface area contributed by atoms with Crippen LogP contribution in [-0.4, -0.2) is 29.3 Å². The van der Waals surface area contributed by atoms with Crippen molar-refractivity contribution in [1.29, 1.82) is 0 Å². The topological polar surface area (TPSA) is 52.7 Å². The monoisotopic (exact) mass is 412 g/mol. The highest BCUT2D eigenvalue weighted by atomic mass is 35.5. The summed E-state index contributed by atoms with van der Waals surface area (Å²) in [4.78, 5) is 0. The molecule has 1 heterocycles. The Balaban J connectivity index is 1.24. The third-order valence-corrected chi connectivity index (χ3v) is 5.42. The van der Waals surface area contributed by atoms with Crippen molar-refractivity contribution < 1.29 is 0 Å². The highest BCUT2D eigenvalue weighted by molar-refractivity contribution is 6.30. The van der Waals surface area contributed by atoms with E-state index in [-0.39, 0.29) is 0 Å². The molecule has 1 atom stereocenters. The molecular weight excluding hydrogens is 391 g/mol. The van der Waals surface area contributed by atoms with E-state index in [0.717, 1.165) is 53.1 Å². The summed E-state index contributed by atoms with van der Waals surface area (Å²) in [7, 11) is 0. The molecule has 28 heavy (non-hydrogen) atoms. The number of benzene rings is 2. The van der Waals surface area contributed by atoms with Gasteiger partial charge in [-0.15, -0.1) is 0 Å². The molecule has 4 rings (SSSR count). The molecule has 1 aromatic heterocycles. The van der Waals surface area contributed by atoms with E-state index in [4.69, 9.17) is 23.2 Å². The molecule has 0 aliphatic heterocycles. The highest BCUT2D eigenvalue weighted by Crippen LogP contribution is 2.28. The van der Waals surface area contributed by atoms with Crippen LogP contribution in [0.15, 0.2) is 60.7 Å². The molecule has 1 aliphatic rings. The van der Waals surface area contributed by atoms with Crippen LogP contribution in [0.1, 0.15) is 18.4 Å². The van der Waals surface area contributed by atoms with E-state index in [0.29, 0.717) is 6.04 Å². The van der Waals surface area contributed by atoms with Crippen LogP contribution in [0.5, 0.6) is 0 Å². The summed E-state index contributed by atoms with van der Waals surface area (Å²) in [6.45, 7) is 1.68. The number of hydrogen-bond acceptors (Lipinski definition) is 3. The van der Waals surface area contributed by atoms with Gasteiger partial charge in [0.25, 0.3) is 0 Å². The maximum Gasteiger partial charge on any atom is 0.148 e. The van der Waals surface area contributed by atoms with Crippen molar-refractivity contribution in [2.45, 2.75) is 18.9 Å². The normalized spacial score (nSPS) is 16.2. The first kappa shape index (κ1) is 19.1. The maximum atomic E-state index is 5.97. The first-order valence-corrected chi connectivity index (χ1v) is 10.2. The van der Waals surface area contributed by atoms with Gasteiger partial charge in [-0.05, 0) is 53.8 Å². The van der Waals surface area contributed by atoms with E-state index < -0.39 is 0 Å². The number of H-pyrrole nitrogens is 1. The van der Waals surface area contributed by atoms with E-state index in [2.05, 4.69) is 39.0 Å². The van der Waals surface area contributed by atoms with E-state index in [1.54, 1.807) is 0 Å². The van der Waals surface area contributed by atoms with Crippen LogP contribution in [0.3, 0.4) is 0 Å².